The largest absolute Gasteiger partial charge is 0.481 e. The van der Waals surface area contributed by atoms with Gasteiger partial charge in [-0.25, -0.2) is 4.79 Å². The van der Waals surface area contributed by atoms with Crippen LogP contribution in [0.15, 0.2) is 27.4 Å². The van der Waals surface area contributed by atoms with E-state index in [2.05, 4.69) is 5.32 Å². The Hall–Kier alpha value is -2.57. The van der Waals surface area contributed by atoms with Crippen LogP contribution in [0.25, 0.3) is 11.1 Å². The van der Waals surface area contributed by atoms with Crippen molar-refractivity contribution in [2.24, 2.45) is 12.5 Å². The first-order valence-corrected chi connectivity index (χ1v) is 8.54. The first kappa shape index (κ1) is 17.3. The number of aromatic nitrogens is 1. The highest BCUT2D eigenvalue weighted by molar-refractivity contribution is 5.95. The van der Waals surface area contributed by atoms with Gasteiger partial charge in [0.1, 0.15) is 0 Å². The maximum Gasteiger partial charge on any atom is 0.419 e. The van der Waals surface area contributed by atoms with E-state index in [1.165, 1.54) is 4.57 Å². The monoisotopic (exact) mass is 346 g/mol. The van der Waals surface area contributed by atoms with Crippen LogP contribution in [0.3, 0.4) is 0 Å². The van der Waals surface area contributed by atoms with Crippen LogP contribution in [0.4, 0.5) is 5.69 Å². The summed E-state index contributed by atoms with van der Waals surface area (Å²) in [7, 11) is 1.59. The second-order valence-corrected chi connectivity index (χ2v) is 6.83. The van der Waals surface area contributed by atoms with E-state index < -0.39 is 17.1 Å². The van der Waals surface area contributed by atoms with Gasteiger partial charge in [0.05, 0.1) is 10.9 Å². The first-order chi connectivity index (χ1) is 11.9. The molecule has 7 nitrogen and oxygen atoms in total. The van der Waals surface area contributed by atoms with Crippen molar-refractivity contribution in [2.45, 2.75) is 44.9 Å². The van der Waals surface area contributed by atoms with Crippen LogP contribution in [0.1, 0.15) is 44.9 Å². The van der Waals surface area contributed by atoms with E-state index in [1.807, 2.05) is 0 Å². The smallest absolute Gasteiger partial charge is 0.419 e. The molecule has 1 amide bonds. The highest BCUT2D eigenvalue weighted by Gasteiger charge is 2.40. The van der Waals surface area contributed by atoms with Crippen molar-refractivity contribution in [1.29, 1.82) is 0 Å². The average molecular weight is 346 g/mol. The number of benzene rings is 1. The summed E-state index contributed by atoms with van der Waals surface area (Å²) in [6, 6.07) is 4.91. The molecule has 1 saturated carbocycles. The normalized spacial score (nSPS) is 17.2. The van der Waals surface area contributed by atoms with Gasteiger partial charge in [-0.3, -0.25) is 14.2 Å². The lowest BCUT2D eigenvalue weighted by atomic mass is 9.77. The Morgan fingerprint density at radius 3 is 2.56 bits per heavy atom. The Bertz CT molecular complexity index is 856. The van der Waals surface area contributed by atoms with Crippen LogP contribution in [0, 0.1) is 5.41 Å². The molecule has 1 heterocycles. The van der Waals surface area contributed by atoms with Crippen molar-refractivity contribution >= 4 is 28.7 Å². The van der Waals surface area contributed by atoms with Gasteiger partial charge in [-0.2, -0.15) is 0 Å². The van der Waals surface area contributed by atoms with Crippen LogP contribution in [0.5, 0.6) is 0 Å². The lowest BCUT2D eigenvalue weighted by Crippen LogP contribution is -2.35. The van der Waals surface area contributed by atoms with Crippen LogP contribution < -0.4 is 11.1 Å². The van der Waals surface area contributed by atoms with Crippen LogP contribution in [0.2, 0.25) is 0 Å². The zero-order valence-corrected chi connectivity index (χ0v) is 14.2. The Kier molecular flexibility index (Phi) is 4.65. The predicted molar refractivity (Wildman–Crippen MR) is 92.5 cm³/mol. The summed E-state index contributed by atoms with van der Waals surface area (Å²) < 4.78 is 6.41. The standard InChI is InChI=1S/C18H22N2O5/c1-20-13-10-12(6-7-14(13)25-17(20)24)19-15(21)11-18(16(22)23)8-4-2-3-5-9-18/h6-7,10H,2-5,8-9,11H2,1H3,(H,19,21)(H,22,23). The fraction of sp³-hybridized carbons (Fsp3) is 0.500. The molecule has 1 aromatic heterocycles. The van der Waals surface area contributed by atoms with E-state index >= 15 is 0 Å². The second-order valence-electron chi connectivity index (χ2n) is 6.83. The molecule has 1 aliphatic carbocycles. The Balaban J connectivity index is 1.78. The fourth-order valence-corrected chi connectivity index (χ4v) is 3.59. The summed E-state index contributed by atoms with van der Waals surface area (Å²) in [6.07, 6.45) is 4.73. The summed E-state index contributed by atoms with van der Waals surface area (Å²) in [5.74, 6) is -1.68. The summed E-state index contributed by atoms with van der Waals surface area (Å²) in [5.41, 5.74) is 0.553. The van der Waals surface area contributed by atoms with Gasteiger partial charge in [-0.1, -0.05) is 25.7 Å². The number of aryl methyl sites for hydroxylation is 1. The lowest BCUT2D eigenvalue weighted by Gasteiger charge is -2.27. The number of oxazole rings is 1. The third-order valence-electron chi connectivity index (χ3n) is 5.09. The second kappa shape index (κ2) is 6.74. The van der Waals surface area contributed by atoms with Gasteiger partial charge in [0.15, 0.2) is 5.58 Å². The molecule has 25 heavy (non-hydrogen) atoms. The third kappa shape index (κ3) is 3.45. The molecule has 0 bridgehead atoms. The van der Waals surface area contributed by atoms with Gasteiger partial charge in [0, 0.05) is 19.2 Å². The van der Waals surface area contributed by atoms with Crippen molar-refractivity contribution in [2.75, 3.05) is 5.32 Å². The highest BCUT2D eigenvalue weighted by atomic mass is 16.4. The van der Waals surface area contributed by atoms with Crippen molar-refractivity contribution < 1.29 is 19.1 Å². The van der Waals surface area contributed by atoms with Crippen molar-refractivity contribution in [3.8, 4) is 0 Å². The molecule has 0 spiro atoms. The van der Waals surface area contributed by atoms with E-state index in [0.717, 1.165) is 25.7 Å². The number of rotatable bonds is 4. The Morgan fingerprint density at radius 2 is 1.92 bits per heavy atom. The molecule has 0 aliphatic heterocycles. The molecule has 0 radical (unpaired) electrons. The van der Waals surface area contributed by atoms with E-state index in [9.17, 15) is 19.5 Å². The number of fused-ring (bicyclic) bond motifs is 1. The van der Waals surface area contributed by atoms with Gasteiger partial charge in [-0.05, 0) is 31.0 Å². The fourth-order valence-electron chi connectivity index (χ4n) is 3.59. The molecule has 0 atom stereocenters. The maximum atomic E-state index is 12.5. The summed E-state index contributed by atoms with van der Waals surface area (Å²) in [5, 5.41) is 12.4. The number of amides is 1. The van der Waals surface area contributed by atoms with Crippen molar-refractivity contribution in [3.05, 3.63) is 28.7 Å². The quantitative estimate of drug-likeness (QED) is 0.829. The topological polar surface area (TPSA) is 102 Å². The van der Waals surface area contributed by atoms with Crippen LogP contribution >= 0.6 is 0 Å². The summed E-state index contributed by atoms with van der Waals surface area (Å²) in [4.78, 5) is 35.8. The first-order valence-electron chi connectivity index (χ1n) is 8.54. The molecule has 7 heteroatoms. The van der Waals surface area contributed by atoms with E-state index in [0.29, 0.717) is 29.6 Å². The van der Waals surface area contributed by atoms with Crippen LogP contribution in [-0.2, 0) is 16.6 Å². The number of nitrogens with zero attached hydrogens (tertiary/aromatic N) is 1. The van der Waals surface area contributed by atoms with Crippen molar-refractivity contribution in [1.82, 2.24) is 4.57 Å². The predicted octanol–water partition coefficient (Wildman–Crippen LogP) is 2.89. The van der Waals surface area contributed by atoms with E-state index in [1.54, 1.807) is 25.2 Å². The summed E-state index contributed by atoms with van der Waals surface area (Å²) in [6.45, 7) is 0. The van der Waals surface area contributed by atoms with Crippen LogP contribution in [-0.4, -0.2) is 21.6 Å². The highest BCUT2D eigenvalue weighted by Crippen LogP contribution is 2.38. The van der Waals surface area contributed by atoms with Gasteiger partial charge in [0.25, 0.3) is 0 Å². The van der Waals surface area contributed by atoms with Gasteiger partial charge in [0.2, 0.25) is 5.91 Å². The minimum Gasteiger partial charge on any atom is -0.481 e. The number of carbonyl (C=O) groups excluding carboxylic acids is 1. The number of anilines is 1. The molecule has 3 rings (SSSR count). The molecule has 0 unspecified atom stereocenters. The minimum absolute atomic E-state index is 0.0370. The lowest BCUT2D eigenvalue weighted by molar-refractivity contribution is -0.152. The molecular formula is C18H22N2O5. The van der Waals surface area contributed by atoms with E-state index in [4.69, 9.17) is 4.42 Å². The molecule has 2 aromatic rings. The zero-order valence-electron chi connectivity index (χ0n) is 14.2. The number of carboxylic acids is 1. The molecular weight excluding hydrogens is 324 g/mol. The number of nitrogens with one attached hydrogen (secondary N) is 1. The SMILES string of the molecule is Cn1c(=O)oc2ccc(NC(=O)CC3(C(=O)O)CCCCCC3)cc21. The van der Waals surface area contributed by atoms with Crippen molar-refractivity contribution in [3.63, 3.8) is 0 Å². The van der Waals surface area contributed by atoms with Gasteiger partial charge < -0.3 is 14.8 Å². The maximum absolute atomic E-state index is 12.5. The van der Waals surface area contributed by atoms with Gasteiger partial charge >= 0.3 is 11.7 Å². The molecule has 1 aromatic carbocycles. The van der Waals surface area contributed by atoms with E-state index in [-0.39, 0.29) is 12.3 Å². The zero-order chi connectivity index (χ0) is 18.0. The molecule has 1 aliphatic rings. The molecule has 134 valence electrons. The Labute approximate surface area is 144 Å². The molecule has 2 N–H and O–H groups in total. The number of aliphatic carboxylic acids is 1. The van der Waals surface area contributed by atoms with Gasteiger partial charge in [-0.15, -0.1) is 0 Å². The third-order valence-corrected chi connectivity index (χ3v) is 5.09. The molecule has 0 saturated heterocycles. The summed E-state index contributed by atoms with van der Waals surface area (Å²) >= 11 is 0. The molecule has 1 fully saturated rings. The minimum atomic E-state index is -0.979. The number of carbonyl (C=O) groups is 2. The number of carboxylic acid groups (broad SMARTS) is 1. The Morgan fingerprint density at radius 1 is 1.24 bits per heavy atom. The number of hydrogen-bond donors (Lipinski definition) is 2. The average Bonchev–Trinajstić information content (AvgIpc) is 2.75. The number of hydrogen-bond acceptors (Lipinski definition) is 4.